The minimum Gasteiger partial charge on any atom is -0.290 e. The highest BCUT2D eigenvalue weighted by Gasteiger charge is 2.49. The summed E-state index contributed by atoms with van der Waals surface area (Å²) in [6.07, 6.45) is 0. The van der Waals surface area contributed by atoms with E-state index in [1.54, 1.807) is 22.7 Å². The molecule has 2 nitrogen and oxygen atoms in total. The van der Waals surface area contributed by atoms with Crippen LogP contribution in [0.25, 0.3) is 20.9 Å². The first-order valence-corrected chi connectivity index (χ1v) is 9.63. The Morgan fingerprint density at radius 2 is 1.25 bits per heavy atom. The molecule has 24 heavy (non-hydrogen) atoms. The highest BCUT2D eigenvalue weighted by Crippen LogP contribution is 2.51. The minimum absolute atomic E-state index is 0.245. The molecule has 0 N–H and O–H groups in total. The van der Waals surface area contributed by atoms with Crippen LogP contribution in [-0.4, -0.2) is 11.6 Å². The molecule has 0 radical (unpaired) electrons. The molecule has 4 aromatic rings. The van der Waals surface area contributed by atoms with Crippen LogP contribution in [0.5, 0.6) is 0 Å². The van der Waals surface area contributed by atoms with Crippen molar-refractivity contribution in [1.29, 1.82) is 0 Å². The van der Waals surface area contributed by atoms with E-state index in [0.29, 0.717) is 0 Å². The van der Waals surface area contributed by atoms with Crippen LogP contribution in [0.15, 0.2) is 46.5 Å². The van der Waals surface area contributed by atoms with Gasteiger partial charge in [0.05, 0.1) is 11.8 Å². The fourth-order valence-corrected chi connectivity index (χ4v) is 5.87. The van der Waals surface area contributed by atoms with Crippen molar-refractivity contribution in [2.24, 2.45) is 0 Å². The molecule has 2 aromatic heterocycles. The van der Waals surface area contributed by atoms with Crippen molar-refractivity contribution >= 4 is 55.1 Å². The first kappa shape index (κ1) is 13.0. The number of carbonyl (C=O) groups is 2. The van der Waals surface area contributed by atoms with Gasteiger partial charge >= 0.3 is 0 Å². The first-order valence-electron chi connectivity index (χ1n) is 7.81. The van der Waals surface area contributed by atoms with E-state index in [4.69, 9.17) is 0 Å². The molecular formula is C20H10O2S2. The quantitative estimate of drug-likeness (QED) is 0.427. The SMILES string of the molecule is O=C1C(=O)C2c3cc4cscc4cc3C1c1cc3ccsc3cc12. The van der Waals surface area contributed by atoms with E-state index in [1.807, 2.05) is 0 Å². The van der Waals surface area contributed by atoms with Gasteiger partial charge in [-0.15, -0.1) is 11.3 Å². The smallest absolute Gasteiger partial charge is 0.211 e. The number of fused-ring (bicyclic) bond motifs is 3. The lowest BCUT2D eigenvalue weighted by atomic mass is 9.62. The van der Waals surface area contributed by atoms with E-state index in [1.165, 1.54) is 4.70 Å². The third-order valence-corrected chi connectivity index (χ3v) is 7.01. The van der Waals surface area contributed by atoms with Crippen LogP contribution in [-0.2, 0) is 9.59 Å². The number of hydrogen-bond acceptors (Lipinski definition) is 4. The molecule has 3 aliphatic carbocycles. The Bertz CT molecular complexity index is 1040. The first-order chi connectivity index (χ1) is 11.7. The van der Waals surface area contributed by atoms with E-state index in [2.05, 4.69) is 46.5 Å². The summed E-state index contributed by atoms with van der Waals surface area (Å²) in [5, 5.41) is 9.74. The fraction of sp³-hybridized carbons (Fsp3) is 0.100. The van der Waals surface area contributed by atoms with Gasteiger partial charge < -0.3 is 0 Å². The van der Waals surface area contributed by atoms with E-state index in [0.717, 1.165) is 38.4 Å². The molecule has 0 spiro atoms. The van der Waals surface area contributed by atoms with E-state index < -0.39 is 11.8 Å². The summed E-state index contributed by atoms with van der Waals surface area (Å²) in [6.45, 7) is 0. The van der Waals surface area contributed by atoms with Crippen molar-refractivity contribution in [3.63, 3.8) is 0 Å². The number of carbonyl (C=O) groups excluding carboxylic acids is 2. The summed E-state index contributed by atoms with van der Waals surface area (Å²) in [6, 6.07) is 10.6. The molecule has 2 heterocycles. The molecule has 2 atom stereocenters. The molecule has 2 bridgehead atoms. The van der Waals surface area contributed by atoms with Gasteiger partial charge in [-0.3, -0.25) is 9.59 Å². The van der Waals surface area contributed by atoms with Crippen LogP contribution < -0.4 is 0 Å². The third-order valence-electron chi connectivity index (χ3n) is 5.35. The zero-order chi connectivity index (χ0) is 16.0. The van der Waals surface area contributed by atoms with Gasteiger partial charge in [0.15, 0.2) is 0 Å². The molecule has 114 valence electrons. The molecule has 7 rings (SSSR count). The maximum atomic E-state index is 12.7. The Morgan fingerprint density at radius 1 is 0.708 bits per heavy atom. The highest BCUT2D eigenvalue weighted by atomic mass is 32.1. The van der Waals surface area contributed by atoms with Crippen LogP contribution in [0.3, 0.4) is 0 Å². The molecule has 0 fully saturated rings. The van der Waals surface area contributed by atoms with Gasteiger partial charge in [-0.25, -0.2) is 0 Å². The molecule has 0 saturated heterocycles. The van der Waals surface area contributed by atoms with E-state index >= 15 is 0 Å². The average Bonchev–Trinajstić information content (AvgIpc) is 3.21. The summed E-state index contributed by atoms with van der Waals surface area (Å²) >= 11 is 3.34. The number of benzene rings is 2. The lowest BCUT2D eigenvalue weighted by molar-refractivity contribution is -0.138. The zero-order valence-electron chi connectivity index (χ0n) is 12.4. The molecular weight excluding hydrogens is 336 g/mol. The van der Waals surface area contributed by atoms with Crippen LogP contribution in [0, 0.1) is 0 Å². The van der Waals surface area contributed by atoms with Gasteiger partial charge in [-0.05, 0) is 84.9 Å². The Labute approximate surface area is 145 Å². The molecule has 2 aromatic carbocycles. The monoisotopic (exact) mass is 346 g/mol. The molecule has 3 aliphatic rings. The van der Waals surface area contributed by atoms with Crippen molar-refractivity contribution in [3.8, 4) is 0 Å². The summed E-state index contributed by atoms with van der Waals surface area (Å²) < 4.78 is 1.18. The van der Waals surface area contributed by atoms with Crippen LogP contribution in [0.1, 0.15) is 34.1 Å². The maximum absolute atomic E-state index is 12.7. The predicted octanol–water partition coefficient (Wildman–Crippen LogP) is 4.85. The number of rotatable bonds is 0. The fourth-order valence-electron chi connectivity index (χ4n) is 4.28. The number of thiophene rings is 2. The van der Waals surface area contributed by atoms with Gasteiger partial charge in [0.1, 0.15) is 0 Å². The summed E-state index contributed by atoms with van der Waals surface area (Å²) in [5.74, 6) is -1.35. The number of hydrogen-bond donors (Lipinski definition) is 0. The second-order valence-electron chi connectivity index (χ2n) is 6.52. The molecule has 2 unspecified atom stereocenters. The van der Waals surface area contributed by atoms with Crippen LogP contribution >= 0.6 is 22.7 Å². The lowest BCUT2D eigenvalue weighted by Gasteiger charge is -2.38. The van der Waals surface area contributed by atoms with Gasteiger partial charge in [-0.2, -0.15) is 11.3 Å². The second kappa shape index (κ2) is 4.21. The minimum atomic E-state index is -0.430. The van der Waals surface area contributed by atoms with E-state index in [-0.39, 0.29) is 11.6 Å². The topological polar surface area (TPSA) is 34.1 Å². The Kier molecular flexibility index (Phi) is 2.29. The normalized spacial score (nSPS) is 21.5. The molecule has 0 aliphatic heterocycles. The van der Waals surface area contributed by atoms with Gasteiger partial charge in [-0.1, -0.05) is 0 Å². The van der Waals surface area contributed by atoms with Crippen molar-refractivity contribution < 1.29 is 9.59 Å². The van der Waals surface area contributed by atoms with Gasteiger partial charge in [0.25, 0.3) is 0 Å². The highest BCUT2D eigenvalue weighted by molar-refractivity contribution is 7.17. The predicted molar refractivity (Wildman–Crippen MR) is 97.4 cm³/mol. The molecule has 0 saturated carbocycles. The Morgan fingerprint density at radius 3 is 1.88 bits per heavy atom. The van der Waals surface area contributed by atoms with Crippen molar-refractivity contribution in [2.75, 3.05) is 0 Å². The van der Waals surface area contributed by atoms with Gasteiger partial charge in [0, 0.05) is 4.70 Å². The molecule has 0 amide bonds. The largest absolute Gasteiger partial charge is 0.290 e. The number of ketones is 2. The molecule has 4 heteroatoms. The van der Waals surface area contributed by atoms with E-state index in [9.17, 15) is 9.59 Å². The Balaban J connectivity index is 1.76. The van der Waals surface area contributed by atoms with Crippen molar-refractivity contribution in [1.82, 2.24) is 0 Å². The summed E-state index contributed by atoms with van der Waals surface area (Å²) in [7, 11) is 0. The average molecular weight is 346 g/mol. The van der Waals surface area contributed by atoms with Gasteiger partial charge in [0.2, 0.25) is 11.6 Å². The standard InChI is InChI=1S/C20H10O2S2/c21-19-17-12-3-9-1-2-24-16(9)6-15(12)18(20(19)22)14-5-11-8-23-7-10(11)4-13(14)17/h1-8,17-18H. The van der Waals surface area contributed by atoms with Crippen molar-refractivity contribution in [2.45, 2.75) is 11.8 Å². The third kappa shape index (κ3) is 1.42. The summed E-state index contributed by atoms with van der Waals surface area (Å²) in [5.41, 5.74) is 4.11. The summed E-state index contributed by atoms with van der Waals surface area (Å²) in [4.78, 5) is 25.4. The van der Waals surface area contributed by atoms with Crippen LogP contribution in [0.4, 0.5) is 0 Å². The second-order valence-corrected chi connectivity index (χ2v) is 8.21. The number of Topliss-reactive ketones (excluding diaryl/α,β-unsaturated/α-hetero) is 2. The Hall–Kier alpha value is -2.30. The lowest BCUT2D eigenvalue weighted by Crippen LogP contribution is -2.40. The van der Waals surface area contributed by atoms with Crippen LogP contribution in [0.2, 0.25) is 0 Å². The van der Waals surface area contributed by atoms with Crippen molar-refractivity contribution in [3.05, 3.63) is 68.7 Å². The maximum Gasteiger partial charge on any atom is 0.211 e. The zero-order valence-corrected chi connectivity index (χ0v) is 14.0.